The second-order valence-corrected chi connectivity index (χ2v) is 3.09. The molecule has 0 unspecified atom stereocenters. The summed E-state index contributed by atoms with van der Waals surface area (Å²) in [6.07, 6.45) is 0. The van der Waals surface area contributed by atoms with Crippen molar-refractivity contribution >= 4 is 0 Å². The van der Waals surface area contributed by atoms with E-state index in [9.17, 15) is 0 Å². The van der Waals surface area contributed by atoms with E-state index in [1.165, 1.54) is 0 Å². The monoisotopic (exact) mass is 202 g/mol. The van der Waals surface area contributed by atoms with Crippen molar-refractivity contribution in [3.8, 4) is 11.3 Å². The minimum atomic E-state index is 0.469. The maximum atomic E-state index is 5.22. The van der Waals surface area contributed by atoms with E-state index in [-0.39, 0.29) is 0 Å². The van der Waals surface area contributed by atoms with E-state index in [2.05, 4.69) is 11.2 Å². The van der Waals surface area contributed by atoms with Crippen LogP contribution in [0.15, 0.2) is 34.9 Å². The zero-order chi connectivity index (χ0) is 10.5. The van der Waals surface area contributed by atoms with Gasteiger partial charge in [-0.2, -0.15) is 0 Å². The van der Waals surface area contributed by atoms with Crippen molar-refractivity contribution in [2.75, 3.05) is 6.61 Å². The van der Waals surface area contributed by atoms with Gasteiger partial charge in [-0.3, -0.25) is 0 Å². The standard InChI is InChI=1S/C12H12NO2/c1-2-14-9-11-8-12(13-15-11)10-6-4-3-5-7-10/h3-6,8H,2,9H2,1H3. The minimum Gasteiger partial charge on any atom is -0.374 e. The molecule has 3 nitrogen and oxygen atoms in total. The molecule has 0 aliphatic heterocycles. The van der Waals surface area contributed by atoms with E-state index < -0.39 is 0 Å². The van der Waals surface area contributed by atoms with Crippen molar-refractivity contribution in [3.05, 3.63) is 42.2 Å². The highest BCUT2D eigenvalue weighted by Gasteiger charge is 2.05. The average Bonchev–Trinajstić information content (AvgIpc) is 2.76. The van der Waals surface area contributed by atoms with Gasteiger partial charge in [0.05, 0.1) is 0 Å². The van der Waals surface area contributed by atoms with Gasteiger partial charge in [0, 0.05) is 18.2 Å². The minimum absolute atomic E-state index is 0.469. The van der Waals surface area contributed by atoms with Crippen LogP contribution in [0.2, 0.25) is 0 Å². The number of benzene rings is 1. The van der Waals surface area contributed by atoms with Gasteiger partial charge >= 0.3 is 0 Å². The third-order valence-electron chi connectivity index (χ3n) is 1.99. The zero-order valence-electron chi connectivity index (χ0n) is 8.56. The molecule has 2 rings (SSSR count). The van der Waals surface area contributed by atoms with Gasteiger partial charge in [-0.25, -0.2) is 0 Å². The first-order chi connectivity index (χ1) is 7.40. The van der Waals surface area contributed by atoms with Crippen LogP contribution in [-0.2, 0) is 11.3 Å². The molecule has 0 aliphatic rings. The number of rotatable bonds is 4. The first-order valence-corrected chi connectivity index (χ1v) is 4.90. The Hall–Kier alpha value is -1.61. The third-order valence-corrected chi connectivity index (χ3v) is 1.99. The zero-order valence-corrected chi connectivity index (χ0v) is 8.56. The summed E-state index contributed by atoms with van der Waals surface area (Å²) in [5, 5.41) is 3.95. The van der Waals surface area contributed by atoms with Crippen LogP contribution >= 0.6 is 0 Å². The van der Waals surface area contributed by atoms with Crippen LogP contribution in [-0.4, -0.2) is 11.8 Å². The average molecular weight is 202 g/mol. The summed E-state index contributed by atoms with van der Waals surface area (Å²) in [6, 6.07) is 12.6. The molecule has 1 aromatic heterocycles. The number of aromatic nitrogens is 1. The van der Waals surface area contributed by atoms with Gasteiger partial charge in [-0.1, -0.05) is 29.4 Å². The van der Waals surface area contributed by atoms with E-state index in [0.717, 1.165) is 17.0 Å². The number of hydrogen-bond acceptors (Lipinski definition) is 3. The van der Waals surface area contributed by atoms with Gasteiger partial charge in [0.25, 0.3) is 0 Å². The quantitative estimate of drug-likeness (QED) is 0.764. The van der Waals surface area contributed by atoms with Gasteiger partial charge in [0.2, 0.25) is 0 Å². The van der Waals surface area contributed by atoms with E-state index >= 15 is 0 Å². The van der Waals surface area contributed by atoms with Crippen molar-refractivity contribution in [3.63, 3.8) is 0 Å². The highest BCUT2D eigenvalue weighted by Crippen LogP contribution is 2.18. The van der Waals surface area contributed by atoms with Crippen molar-refractivity contribution in [1.29, 1.82) is 0 Å². The molecule has 0 saturated carbocycles. The Morgan fingerprint density at radius 2 is 2.40 bits per heavy atom. The SMILES string of the molecule is CCOCc1cc(-c2[c]cccc2)no1. The lowest BCUT2D eigenvalue weighted by molar-refractivity contribution is 0.112. The summed E-state index contributed by atoms with van der Waals surface area (Å²) in [7, 11) is 0. The largest absolute Gasteiger partial charge is 0.374 e. The van der Waals surface area contributed by atoms with Crippen molar-refractivity contribution in [1.82, 2.24) is 5.16 Å². The highest BCUT2D eigenvalue weighted by atomic mass is 16.5. The highest BCUT2D eigenvalue weighted by molar-refractivity contribution is 5.57. The molecule has 0 N–H and O–H groups in total. The summed E-state index contributed by atoms with van der Waals surface area (Å²) < 4.78 is 10.4. The molecule has 0 spiro atoms. The lowest BCUT2D eigenvalue weighted by Gasteiger charge is -1.93. The number of nitrogens with zero attached hydrogens (tertiary/aromatic N) is 1. The first kappa shape index (κ1) is 9.93. The van der Waals surface area contributed by atoms with Crippen LogP contribution in [0.4, 0.5) is 0 Å². The fourth-order valence-corrected chi connectivity index (χ4v) is 1.26. The molecule has 3 heteroatoms. The second-order valence-electron chi connectivity index (χ2n) is 3.09. The Balaban J connectivity index is 2.14. The fraction of sp³-hybridized carbons (Fsp3) is 0.250. The van der Waals surface area contributed by atoms with Crippen LogP contribution in [0.1, 0.15) is 12.7 Å². The lowest BCUT2D eigenvalue weighted by Crippen LogP contribution is -1.88. The maximum absolute atomic E-state index is 5.22. The third kappa shape index (κ3) is 2.44. The van der Waals surface area contributed by atoms with Crippen LogP contribution < -0.4 is 0 Å². The van der Waals surface area contributed by atoms with E-state index in [4.69, 9.17) is 9.26 Å². The maximum Gasteiger partial charge on any atom is 0.163 e. The molecular formula is C12H12NO2. The number of ether oxygens (including phenoxy) is 1. The fourth-order valence-electron chi connectivity index (χ4n) is 1.26. The number of hydrogen-bond donors (Lipinski definition) is 0. The normalized spacial score (nSPS) is 10.5. The Morgan fingerprint density at radius 3 is 3.13 bits per heavy atom. The molecule has 1 heterocycles. The van der Waals surface area contributed by atoms with Crippen LogP contribution in [0, 0.1) is 6.07 Å². The molecule has 0 aliphatic carbocycles. The molecule has 0 saturated heterocycles. The smallest absolute Gasteiger partial charge is 0.163 e. The van der Waals surface area contributed by atoms with E-state index in [1.807, 2.05) is 37.3 Å². The van der Waals surface area contributed by atoms with E-state index in [0.29, 0.717) is 13.2 Å². The molecule has 77 valence electrons. The van der Waals surface area contributed by atoms with Crippen molar-refractivity contribution < 1.29 is 9.26 Å². The van der Waals surface area contributed by atoms with Crippen LogP contribution in [0.5, 0.6) is 0 Å². The Morgan fingerprint density at radius 1 is 1.47 bits per heavy atom. The summed E-state index contributed by atoms with van der Waals surface area (Å²) in [4.78, 5) is 0. The lowest BCUT2D eigenvalue weighted by atomic mass is 10.1. The summed E-state index contributed by atoms with van der Waals surface area (Å²) in [6.45, 7) is 3.09. The summed E-state index contributed by atoms with van der Waals surface area (Å²) in [5.74, 6) is 0.740. The van der Waals surface area contributed by atoms with E-state index in [1.54, 1.807) is 0 Å². The van der Waals surface area contributed by atoms with Crippen LogP contribution in [0.25, 0.3) is 11.3 Å². The molecule has 15 heavy (non-hydrogen) atoms. The Labute approximate surface area is 88.7 Å². The predicted molar refractivity (Wildman–Crippen MR) is 56.1 cm³/mol. The Bertz CT molecular complexity index is 409. The second kappa shape index (κ2) is 4.75. The van der Waals surface area contributed by atoms with Gasteiger partial charge in [0.15, 0.2) is 5.76 Å². The molecule has 1 radical (unpaired) electrons. The van der Waals surface area contributed by atoms with Gasteiger partial charge in [-0.05, 0) is 13.0 Å². The predicted octanol–water partition coefficient (Wildman–Crippen LogP) is 2.68. The Kier molecular flexibility index (Phi) is 3.15. The molecule has 0 amide bonds. The summed E-state index contributed by atoms with van der Waals surface area (Å²) >= 11 is 0. The molecule has 0 atom stereocenters. The molecular weight excluding hydrogens is 190 g/mol. The van der Waals surface area contributed by atoms with Crippen molar-refractivity contribution in [2.24, 2.45) is 0 Å². The summed E-state index contributed by atoms with van der Waals surface area (Å²) in [5.41, 5.74) is 1.73. The van der Waals surface area contributed by atoms with Crippen molar-refractivity contribution in [2.45, 2.75) is 13.5 Å². The van der Waals surface area contributed by atoms with Gasteiger partial charge in [-0.15, -0.1) is 0 Å². The molecule has 0 fully saturated rings. The van der Waals surface area contributed by atoms with Crippen LogP contribution in [0.3, 0.4) is 0 Å². The molecule has 2 aromatic rings. The van der Waals surface area contributed by atoms with Gasteiger partial charge < -0.3 is 9.26 Å². The van der Waals surface area contributed by atoms with Gasteiger partial charge in [0.1, 0.15) is 12.3 Å². The topological polar surface area (TPSA) is 35.3 Å². The molecule has 1 aromatic carbocycles. The molecule has 0 bridgehead atoms. The first-order valence-electron chi connectivity index (χ1n) is 4.90.